The highest BCUT2D eigenvalue weighted by Crippen LogP contribution is 2.04. The van der Waals surface area contributed by atoms with Crippen LogP contribution in [0.3, 0.4) is 0 Å². The zero-order valence-corrected chi connectivity index (χ0v) is 11.8. The van der Waals surface area contributed by atoms with Gasteiger partial charge in [0, 0.05) is 13.0 Å². The summed E-state index contributed by atoms with van der Waals surface area (Å²) in [5.74, 6) is 0. The van der Waals surface area contributed by atoms with Gasteiger partial charge in [0.2, 0.25) is 0 Å². The molecule has 0 aliphatic rings. The number of nitrogens with one attached hydrogen (secondary N) is 1. The maximum atomic E-state index is 11.4. The van der Waals surface area contributed by atoms with Crippen LogP contribution in [-0.4, -0.2) is 18.9 Å². The van der Waals surface area contributed by atoms with Gasteiger partial charge in [-0.1, -0.05) is 49.6 Å². The molecule has 1 N–H and O–H groups in total. The fraction of sp³-hybridized carbons (Fsp3) is 0.500. The molecule has 0 bridgehead atoms. The molecule has 0 heterocycles. The second-order valence-corrected chi connectivity index (χ2v) is 4.71. The van der Waals surface area contributed by atoms with E-state index >= 15 is 0 Å². The molecule has 0 aliphatic heterocycles. The molecule has 110 valence electrons. The molecule has 0 spiro atoms. The van der Waals surface area contributed by atoms with Crippen molar-refractivity contribution in [1.29, 1.82) is 0 Å². The third-order valence-corrected chi connectivity index (χ3v) is 2.98. The number of hydrogen-bond acceptors (Lipinski definition) is 3. The monoisotopic (exact) mass is 277 g/mol. The third kappa shape index (κ3) is 8.29. The Labute approximate surface area is 120 Å². The molecular weight excluding hydrogens is 254 g/mol. The van der Waals surface area contributed by atoms with Gasteiger partial charge < -0.3 is 14.8 Å². The van der Waals surface area contributed by atoms with E-state index in [-0.39, 0.29) is 6.09 Å². The first-order valence-corrected chi connectivity index (χ1v) is 7.21. The van der Waals surface area contributed by atoms with E-state index in [0.29, 0.717) is 19.6 Å². The van der Waals surface area contributed by atoms with E-state index in [0.717, 1.165) is 44.0 Å². The number of alkyl carbamates (subject to hydrolysis) is 1. The predicted molar refractivity (Wildman–Crippen MR) is 78.4 cm³/mol. The largest absolute Gasteiger partial charge is 0.445 e. The second-order valence-electron chi connectivity index (χ2n) is 4.71. The van der Waals surface area contributed by atoms with Crippen LogP contribution in [0, 0.1) is 0 Å². The molecular formula is C16H23NO3. The Morgan fingerprint density at radius 2 is 1.75 bits per heavy atom. The van der Waals surface area contributed by atoms with Crippen molar-refractivity contribution in [3.63, 3.8) is 0 Å². The highest BCUT2D eigenvalue weighted by molar-refractivity contribution is 5.67. The van der Waals surface area contributed by atoms with Crippen molar-refractivity contribution >= 4 is 12.4 Å². The van der Waals surface area contributed by atoms with Crippen molar-refractivity contribution in [2.45, 2.75) is 45.1 Å². The van der Waals surface area contributed by atoms with E-state index in [4.69, 9.17) is 4.74 Å². The number of benzene rings is 1. The van der Waals surface area contributed by atoms with Crippen LogP contribution in [-0.2, 0) is 16.1 Å². The lowest BCUT2D eigenvalue weighted by molar-refractivity contribution is -0.107. The molecule has 0 aromatic heterocycles. The van der Waals surface area contributed by atoms with Gasteiger partial charge in [-0.15, -0.1) is 0 Å². The van der Waals surface area contributed by atoms with E-state index in [1.165, 1.54) is 0 Å². The van der Waals surface area contributed by atoms with Crippen LogP contribution in [0.4, 0.5) is 4.79 Å². The Kier molecular flexibility index (Phi) is 8.94. The third-order valence-electron chi connectivity index (χ3n) is 2.98. The summed E-state index contributed by atoms with van der Waals surface area (Å²) in [5, 5.41) is 2.74. The minimum Gasteiger partial charge on any atom is -0.445 e. The average Bonchev–Trinajstić information content (AvgIpc) is 2.49. The molecule has 1 amide bonds. The van der Waals surface area contributed by atoms with Crippen molar-refractivity contribution in [1.82, 2.24) is 5.32 Å². The van der Waals surface area contributed by atoms with Crippen molar-refractivity contribution in [3.8, 4) is 0 Å². The quantitative estimate of drug-likeness (QED) is 0.526. The number of hydrogen-bond donors (Lipinski definition) is 1. The van der Waals surface area contributed by atoms with E-state index in [1.54, 1.807) is 0 Å². The molecule has 0 saturated carbocycles. The van der Waals surface area contributed by atoms with E-state index in [9.17, 15) is 9.59 Å². The summed E-state index contributed by atoms with van der Waals surface area (Å²) in [7, 11) is 0. The smallest absolute Gasteiger partial charge is 0.407 e. The Morgan fingerprint density at radius 1 is 1.05 bits per heavy atom. The minimum atomic E-state index is -0.366. The molecule has 1 aromatic rings. The van der Waals surface area contributed by atoms with Gasteiger partial charge in [0.25, 0.3) is 0 Å². The number of aldehydes is 1. The average molecular weight is 277 g/mol. The molecule has 4 heteroatoms. The van der Waals surface area contributed by atoms with Gasteiger partial charge >= 0.3 is 6.09 Å². The van der Waals surface area contributed by atoms with Crippen LogP contribution in [0.25, 0.3) is 0 Å². The summed E-state index contributed by atoms with van der Waals surface area (Å²) in [4.78, 5) is 21.5. The summed E-state index contributed by atoms with van der Waals surface area (Å²) in [6.45, 7) is 0.944. The summed E-state index contributed by atoms with van der Waals surface area (Å²) in [6.07, 6.45) is 6.42. The molecule has 0 saturated heterocycles. The molecule has 20 heavy (non-hydrogen) atoms. The SMILES string of the molecule is O=CCCCCCCCNC(=O)OCc1ccccc1. The minimum absolute atomic E-state index is 0.304. The fourth-order valence-electron chi connectivity index (χ4n) is 1.85. The Morgan fingerprint density at radius 3 is 2.50 bits per heavy atom. The summed E-state index contributed by atoms with van der Waals surface area (Å²) < 4.78 is 5.10. The van der Waals surface area contributed by atoms with Gasteiger partial charge in [-0.2, -0.15) is 0 Å². The first-order chi connectivity index (χ1) is 9.83. The van der Waals surface area contributed by atoms with Crippen LogP contribution >= 0.6 is 0 Å². The van der Waals surface area contributed by atoms with E-state index in [1.807, 2.05) is 30.3 Å². The topological polar surface area (TPSA) is 55.4 Å². The zero-order chi connectivity index (χ0) is 14.5. The molecule has 0 aliphatic carbocycles. The molecule has 0 atom stereocenters. The summed E-state index contributed by atoms with van der Waals surface area (Å²) in [5.41, 5.74) is 0.984. The molecule has 4 nitrogen and oxygen atoms in total. The van der Waals surface area contributed by atoms with Crippen molar-refractivity contribution in [2.75, 3.05) is 6.54 Å². The lowest BCUT2D eigenvalue weighted by Crippen LogP contribution is -2.25. The fourth-order valence-corrected chi connectivity index (χ4v) is 1.85. The number of carbonyl (C=O) groups is 2. The number of amides is 1. The summed E-state index contributed by atoms with van der Waals surface area (Å²) in [6, 6.07) is 9.61. The highest BCUT2D eigenvalue weighted by Gasteiger charge is 2.01. The number of carbonyl (C=O) groups excluding carboxylic acids is 2. The Balaban J connectivity index is 1.94. The van der Waals surface area contributed by atoms with Crippen LogP contribution < -0.4 is 5.32 Å². The van der Waals surface area contributed by atoms with Gasteiger partial charge in [0.15, 0.2) is 0 Å². The first kappa shape index (κ1) is 16.2. The van der Waals surface area contributed by atoms with Gasteiger partial charge in [-0.3, -0.25) is 0 Å². The second kappa shape index (κ2) is 11.0. The lowest BCUT2D eigenvalue weighted by Gasteiger charge is -2.07. The van der Waals surface area contributed by atoms with Gasteiger partial charge in [0.05, 0.1) is 0 Å². The van der Waals surface area contributed by atoms with Gasteiger partial charge in [-0.05, 0) is 18.4 Å². The Bertz CT molecular complexity index is 379. The molecule has 1 rings (SSSR count). The van der Waals surface area contributed by atoms with Crippen LogP contribution in [0.5, 0.6) is 0 Å². The first-order valence-electron chi connectivity index (χ1n) is 7.21. The maximum Gasteiger partial charge on any atom is 0.407 e. The summed E-state index contributed by atoms with van der Waals surface area (Å²) >= 11 is 0. The van der Waals surface area contributed by atoms with E-state index < -0.39 is 0 Å². The number of rotatable bonds is 10. The van der Waals surface area contributed by atoms with Gasteiger partial charge in [-0.25, -0.2) is 4.79 Å². The molecule has 0 radical (unpaired) electrons. The highest BCUT2D eigenvalue weighted by atomic mass is 16.5. The predicted octanol–water partition coefficient (Wildman–Crippen LogP) is 3.45. The van der Waals surface area contributed by atoms with Crippen molar-refractivity contribution < 1.29 is 14.3 Å². The lowest BCUT2D eigenvalue weighted by atomic mass is 10.1. The van der Waals surface area contributed by atoms with Crippen LogP contribution in [0.2, 0.25) is 0 Å². The zero-order valence-electron chi connectivity index (χ0n) is 11.8. The molecule has 1 aromatic carbocycles. The molecule has 0 unspecified atom stereocenters. The van der Waals surface area contributed by atoms with Crippen molar-refractivity contribution in [3.05, 3.63) is 35.9 Å². The standard InChI is InChI=1S/C16H23NO3/c18-13-9-4-2-1-3-8-12-17-16(19)20-14-15-10-6-5-7-11-15/h5-7,10-11,13H,1-4,8-9,12,14H2,(H,17,19). The Hall–Kier alpha value is -1.84. The van der Waals surface area contributed by atoms with E-state index in [2.05, 4.69) is 5.32 Å². The normalized spacial score (nSPS) is 10.0. The van der Waals surface area contributed by atoms with Crippen LogP contribution in [0.15, 0.2) is 30.3 Å². The van der Waals surface area contributed by atoms with Crippen molar-refractivity contribution in [2.24, 2.45) is 0 Å². The molecule has 0 fully saturated rings. The van der Waals surface area contributed by atoms with Crippen LogP contribution in [0.1, 0.15) is 44.1 Å². The van der Waals surface area contributed by atoms with Gasteiger partial charge in [0.1, 0.15) is 12.9 Å². The number of ether oxygens (including phenoxy) is 1. The number of unbranched alkanes of at least 4 members (excludes halogenated alkanes) is 5. The maximum absolute atomic E-state index is 11.4.